The molecule has 2 aromatic rings. The fourth-order valence-electron chi connectivity index (χ4n) is 3.45. The molecule has 0 atom stereocenters. The molecule has 130 valence electrons. The molecule has 0 bridgehead atoms. The van der Waals surface area contributed by atoms with Crippen LogP contribution >= 0.6 is 0 Å². The monoisotopic (exact) mass is 339 g/mol. The highest BCUT2D eigenvalue weighted by atomic mass is 16.6. The Balaban J connectivity index is 2.36. The van der Waals surface area contributed by atoms with Gasteiger partial charge in [-0.25, -0.2) is 9.59 Å². The first-order chi connectivity index (χ1) is 11.8. The second-order valence-corrected chi connectivity index (χ2v) is 6.45. The van der Waals surface area contributed by atoms with Gasteiger partial charge in [0.15, 0.2) is 0 Å². The van der Waals surface area contributed by atoms with Crippen molar-refractivity contribution in [2.75, 3.05) is 7.11 Å². The van der Waals surface area contributed by atoms with Crippen molar-refractivity contribution in [2.45, 2.75) is 27.7 Å². The maximum Gasteiger partial charge on any atom is 0.347 e. The lowest BCUT2D eigenvalue weighted by Gasteiger charge is -2.07. The average molecular weight is 339 g/mol. The molecule has 0 amide bonds. The first-order valence-electron chi connectivity index (χ1n) is 8.06. The lowest BCUT2D eigenvalue weighted by Crippen LogP contribution is -2.01. The largest absolute Gasteiger partial charge is 0.497 e. The Morgan fingerprint density at radius 3 is 2.32 bits per heavy atom. The zero-order valence-corrected chi connectivity index (χ0v) is 15.3. The first-order valence-corrected chi connectivity index (χ1v) is 8.06. The van der Waals surface area contributed by atoms with E-state index < -0.39 is 11.9 Å². The van der Waals surface area contributed by atoms with Gasteiger partial charge >= 0.3 is 11.9 Å². The number of ether oxygens (including phenoxy) is 2. The highest BCUT2D eigenvalue weighted by Gasteiger charge is 2.36. The number of aromatic nitrogens is 1. The lowest BCUT2D eigenvalue weighted by atomic mass is 9.93. The Morgan fingerprint density at radius 1 is 1.08 bits per heavy atom. The quantitative estimate of drug-likeness (QED) is 0.476. The third kappa shape index (κ3) is 2.47. The molecule has 3 rings (SSSR count). The summed E-state index contributed by atoms with van der Waals surface area (Å²) in [5.41, 5.74) is 5.20. The van der Waals surface area contributed by atoms with Crippen LogP contribution in [-0.2, 0) is 21.4 Å². The van der Waals surface area contributed by atoms with Gasteiger partial charge in [-0.1, -0.05) is 5.57 Å². The van der Waals surface area contributed by atoms with Crippen LogP contribution in [0.2, 0.25) is 0 Å². The van der Waals surface area contributed by atoms with E-state index in [0.717, 1.165) is 39.1 Å². The molecule has 1 saturated heterocycles. The van der Waals surface area contributed by atoms with Crippen LogP contribution in [0.15, 0.2) is 34.9 Å². The lowest BCUT2D eigenvalue weighted by molar-refractivity contribution is -0.149. The third-order valence-electron chi connectivity index (χ3n) is 4.79. The molecular formula is C20H21NO4. The smallest absolute Gasteiger partial charge is 0.347 e. The molecule has 5 heteroatoms. The molecule has 1 aliphatic rings. The predicted molar refractivity (Wildman–Crippen MR) is 96.3 cm³/mol. The van der Waals surface area contributed by atoms with Crippen LogP contribution in [0, 0.1) is 6.92 Å². The van der Waals surface area contributed by atoms with Crippen LogP contribution in [-0.4, -0.2) is 23.6 Å². The summed E-state index contributed by atoms with van der Waals surface area (Å²) in [6.07, 6.45) is 0. The molecule has 0 radical (unpaired) electrons. The van der Waals surface area contributed by atoms with Crippen LogP contribution in [0.5, 0.6) is 5.75 Å². The fourth-order valence-corrected chi connectivity index (χ4v) is 3.45. The molecule has 0 spiro atoms. The van der Waals surface area contributed by atoms with Crippen LogP contribution in [0.3, 0.4) is 0 Å². The minimum Gasteiger partial charge on any atom is -0.497 e. The van der Waals surface area contributed by atoms with E-state index >= 15 is 0 Å². The highest BCUT2D eigenvalue weighted by molar-refractivity contribution is 6.22. The standard InChI is InChI=1S/C20H21NO4/c1-10(2)16-18(20(23)25-19(16)22)11(3)17-12(4)21(5)15-9-13(24-6)7-8-14(15)17/h7-9H,1-6H3/b18-11+. The minimum atomic E-state index is -0.580. The summed E-state index contributed by atoms with van der Waals surface area (Å²) in [6.45, 7) is 7.48. The van der Waals surface area contributed by atoms with Gasteiger partial charge in [0, 0.05) is 29.8 Å². The Kier molecular flexibility index (Phi) is 4.03. The fraction of sp³-hybridized carbons (Fsp3) is 0.300. The van der Waals surface area contributed by atoms with Crippen LogP contribution in [0.1, 0.15) is 32.0 Å². The SMILES string of the molecule is COc1ccc2c(/C(C)=C3/C(=O)OC(=O)C3=C(C)C)c(C)n(C)c2c1. The molecule has 0 unspecified atom stereocenters. The van der Waals surface area contributed by atoms with E-state index in [1.165, 1.54) is 0 Å². The second-order valence-electron chi connectivity index (χ2n) is 6.45. The first kappa shape index (κ1) is 17.0. The minimum absolute atomic E-state index is 0.358. The molecule has 1 aromatic carbocycles. The number of fused-ring (bicyclic) bond motifs is 1. The molecule has 25 heavy (non-hydrogen) atoms. The second kappa shape index (κ2) is 5.92. The van der Waals surface area contributed by atoms with Crippen molar-refractivity contribution in [3.05, 3.63) is 46.2 Å². The van der Waals surface area contributed by atoms with E-state index in [2.05, 4.69) is 4.57 Å². The number of carbonyl (C=O) groups excluding carboxylic acids is 2. The van der Waals surface area contributed by atoms with E-state index in [1.54, 1.807) is 7.11 Å². The molecule has 0 N–H and O–H groups in total. The van der Waals surface area contributed by atoms with E-state index in [4.69, 9.17) is 9.47 Å². The van der Waals surface area contributed by atoms with Crippen molar-refractivity contribution in [2.24, 2.45) is 7.05 Å². The number of allylic oxidation sites excluding steroid dienone is 2. The summed E-state index contributed by atoms with van der Waals surface area (Å²) in [7, 11) is 3.60. The number of rotatable bonds is 2. The Bertz CT molecular complexity index is 985. The van der Waals surface area contributed by atoms with E-state index in [9.17, 15) is 9.59 Å². The van der Waals surface area contributed by atoms with Gasteiger partial charge in [-0.2, -0.15) is 0 Å². The van der Waals surface area contributed by atoms with Gasteiger partial charge in [0.25, 0.3) is 0 Å². The van der Waals surface area contributed by atoms with E-state index in [-0.39, 0.29) is 0 Å². The Hall–Kier alpha value is -2.82. The maximum absolute atomic E-state index is 12.3. The molecule has 1 aromatic heterocycles. The van der Waals surface area contributed by atoms with Crippen LogP contribution < -0.4 is 4.74 Å². The summed E-state index contributed by atoms with van der Waals surface area (Å²) in [5.74, 6) is -0.382. The molecule has 5 nitrogen and oxygen atoms in total. The van der Waals surface area contributed by atoms with Gasteiger partial charge in [-0.15, -0.1) is 0 Å². The summed E-state index contributed by atoms with van der Waals surface area (Å²) >= 11 is 0. The summed E-state index contributed by atoms with van der Waals surface area (Å²) in [5, 5.41) is 1.01. The Morgan fingerprint density at radius 2 is 1.72 bits per heavy atom. The van der Waals surface area contributed by atoms with Gasteiger partial charge in [0.2, 0.25) is 0 Å². The molecule has 0 aliphatic carbocycles. The summed E-state index contributed by atoms with van der Waals surface area (Å²) < 4.78 is 12.2. The van der Waals surface area contributed by atoms with E-state index in [0.29, 0.717) is 11.1 Å². The molecule has 1 aliphatic heterocycles. The number of cyclic esters (lactones) is 2. The van der Waals surface area contributed by atoms with Gasteiger partial charge < -0.3 is 14.0 Å². The zero-order chi connectivity index (χ0) is 18.5. The predicted octanol–water partition coefficient (Wildman–Crippen LogP) is 3.69. The van der Waals surface area contributed by atoms with Crippen molar-refractivity contribution >= 4 is 28.4 Å². The van der Waals surface area contributed by atoms with Crippen LogP contribution in [0.25, 0.3) is 16.5 Å². The topological polar surface area (TPSA) is 57.5 Å². The van der Waals surface area contributed by atoms with Gasteiger partial charge in [0.1, 0.15) is 5.75 Å². The van der Waals surface area contributed by atoms with Crippen molar-refractivity contribution < 1.29 is 19.1 Å². The number of benzene rings is 1. The molecule has 0 saturated carbocycles. The average Bonchev–Trinajstić information content (AvgIpc) is 3.00. The number of carbonyl (C=O) groups is 2. The van der Waals surface area contributed by atoms with Crippen LogP contribution in [0.4, 0.5) is 0 Å². The number of hydrogen-bond donors (Lipinski definition) is 0. The van der Waals surface area contributed by atoms with Crippen molar-refractivity contribution in [3.63, 3.8) is 0 Å². The normalized spacial score (nSPS) is 16.5. The number of hydrogen-bond acceptors (Lipinski definition) is 4. The molecule has 1 fully saturated rings. The van der Waals surface area contributed by atoms with Crippen molar-refractivity contribution in [1.29, 1.82) is 0 Å². The third-order valence-corrected chi connectivity index (χ3v) is 4.79. The Labute approximate surface area is 146 Å². The number of methoxy groups -OCH3 is 1. The van der Waals surface area contributed by atoms with Crippen molar-refractivity contribution in [3.8, 4) is 5.75 Å². The van der Waals surface area contributed by atoms with Gasteiger partial charge in [-0.05, 0) is 45.4 Å². The summed E-state index contributed by atoms with van der Waals surface area (Å²) in [6, 6.07) is 5.83. The number of nitrogens with zero attached hydrogens (tertiary/aromatic N) is 1. The molecular weight excluding hydrogens is 318 g/mol. The summed E-state index contributed by atoms with van der Waals surface area (Å²) in [4.78, 5) is 24.4. The van der Waals surface area contributed by atoms with E-state index in [1.807, 2.05) is 52.9 Å². The number of esters is 2. The van der Waals surface area contributed by atoms with Crippen molar-refractivity contribution in [1.82, 2.24) is 4.57 Å². The maximum atomic E-state index is 12.3. The zero-order valence-electron chi connectivity index (χ0n) is 15.3. The molecule has 2 heterocycles. The van der Waals surface area contributed by atoms with Gasteiger partial charge in [-0.3, -0.25) is 0 Å². The number of aryl methyl sites for hydroxylation is 1. The highest BCUT2D eigenvalue weighted by Crippen LogP contribution is 2.38. The van der Waals surface area contributed by atoms with Gasteiger partial charge in [0.05, 0.1) is 23.8 Å².